The van der Waals surface area contributed by atoms with Gasteiger partial charge in [-0.15, -0.1) is 0 Å². The predicted molar refractivity (Wildman–Crippen MR) is 84.6 cm³/mol. The molecule has 0 fully saturated rings. The molecule has 0 atom stereocenters. The third-order valence-electron chi connectivity index (χ3n) is 3.84. The van der Waals surface area contributed by atoms with E-state index in [0.29, 0.717) is 33.9 Å². The van der Waals surface area contributed by atoms with Crippen LogP contribution in [-0.4, -0.2) is 30.9 Å². The molecule has 23 heavy (non-hydrogen) atoms. The van der Waals surface area contributed by atoms with Gasteiger partial charge in [0.05, 0.1) is 37.6 Å². The van der Waals surface area contributed by atoms with Crippen LogP contribution in [0.15, 0.2) is 36.4 Å². The number of nitrogen functional groups attached to an aromatic ring is 1. The summed E-state index contributed by atoms with van der Waals surface area (Å²) in [7, 11) is 3.01. The van der Waals surface area contributed by atoms with Crippen molar-refractivity contribution in [3.8, 4) is 11.5 Å². The molecule has 0 unspecified atom stereocenters. The summed E-state index contributed by atoms with van der Waals surface area (Å²) in [5.74, 6) is 0.337. The Morgan fingerprint density at radius 1 is 0.957 bits per heavy atom. The molecule has 0 saturated carbocycles. The van der Waals surface area contributed by atoms with Crippen molar-refractivity contribution >= 4 is 17.5 Å². The molecule has 0 aromatic heterocycles. The highest BCUT2D eigenvalue weighted by atomic mass is 16.5. The van der Waals surface area contributed by atoms with Crippen LogP contribution < -0.4 is 15.2 Å². The molecule has 0 spiro atoms. The van der Waals surface area contributed by atoms with E-state index in [2.05, 4.69) is 0 Å². The number of carbonyl (C=O) groups is 2. The minimum Gasteiger partial charge on any atom is -0.496 e. The smallest absolute Gasteiger partial charge is 0.261 e. The average molecular weight is 312 g/mol. The number of nitrogens with two attached hydrogens (primary N) is 1. The van der Waals surface area contributed by atoms with E-state index < -0.39 is 0 Å². The van der Waals surface area contributed by atoms with Crippen molar-refractivity contribution in [1.29, 1.82) is 0 Å². The Balaban J connectivity index is 1.97. The Kier molecular flexibility index (Phi) is 3.65. The molecular weight excluding hydrogens is 296 g/mol. The Bertz CT molecular complexity index is 766. The van der Waals surface area contributed by atoms with Gasteiger partial charge in [-0.1, -0.05) is 12.1 Å². The standard InChI is InChI=1S/C17H16N2O4/c1-22-14-8-13(18)15(23-2)7-10(14)9-19-16(20)11-5-3-4-6-12(11)17(19)21/h3-8H,9,18H2,1-2H3. The lowest BCUT2D eigenvalue weighted by molar-refractivity contribution is 0.0641. The normalized spacial score (nSPS) is 13.2. The van der Waals surface area contributed by atoms with Gasteiger partial charge in [-0.2, -0.15) is 0 Å². The van der Waals surface area contributed by atoms with Crippen LogP contribution >= 0.6 is 0 Å². The number of fused-ring (bicyclic) bond motifs is 1. The number of amides is 2. The molecule has 2 N–H and O–H groups in total. The molecule has 1 aliphatic heterocycles. The lowest BCUT2D eigenvalue weighted by atomic mass is 10.1. The van der Waals surface area contributed by atoms with Gasteiger partial charge in [0.25, 0.3) is 11.8 Å². The van der Waals surface area contributed by atoms with Gasteiger partial charge in [-0.3, -0.25) is 14.5 Å². The van der Waals surface area contributed by atoms with Crippen LogP contribution in [0.4, 0.5) is 5.69 Å². The highest BCUT2D eigenvalue weighted by Crippen LogP contribution is 2.33. The fourth-order valence-electron chi connectivity index (χ4n) is 2.66. The van der Waals surface area contributed by atoms with E-state index in [4.69, 9.17) is 15.2 Å². The van der Waals surface area contributed by atoms with Gasteiger partial charge < -0.3 is 15.2 Å². The Hall–Kier alpha value is -3.02. The summed E-state index contributed by atoms with van der Waals surface area (Å²) < 4.78 is 10.5. The summed E-state index contributed by atoms with van der Waals surface area (Å²) in [6, 6.07) is 10.1. The number of benzene rings is 2. The Morgan fingerprint density at radius 3 is 2.04 bits per heavy atom. The minimum absolute atomic E-state index is 0.0894. The van der Waals surface area contributed by atoms with Crippen molar-refractivity contribution < 1.29 is 19.1 Å². The number of hydrogen-bond donors (Lipinski definition) is 1. The Labute approximate surface area is 133 Å². The maximum Gasteiger partial charge on any atom is 0.261 e. The van der Waals surface area contributed by atoms with Crippen molar-refractivity contribution in [2.75, 3.05) is 20.0 Å². The van der Waals surface area contributed by atoms with Crippen molar-refractivity contribution in [2.45, 2.75) is 6.54 Å². The zero-order chi connectivity index (χ0) is 16.6. The number of nitrogens with zero attached hydrogens (tertiary/aromatic N) is 1. The summed E-state index contributed by atoms with van der Waals surface area (Å²) in [6.07, 6.45) is 0. The van der Waals surface area contributed by atoms with E-state index in [-0.39, 0.29) is 18.4 Å². The van der Waals surface area contributed by atoms with Crippen LogP contribution in [0.1, 0.15) is 26.3 Å². The number of anilines is 1. The van der Waals surface area contributed by atoms with E-state index in [9.17, 15) is 9.59 Å². The third-order valence-corrected chi connectivity index (χ3v) is 3.84. The second-order valence-electron chi connectivity index (χ2n) is 5.15. The number of ether oxygens (including phenoxy) is 2. The zero-order valence-electron chi connectivity index (χ0n) is 12.8. The molecule has 2 aromatic carbocycles. The Morgan fingerprint density at radius 2 is 1.52 bits per heavy atom. The zero-order valence-corrected chi connectivity index (χ0v) is 12.8. The largest absolute Gasteiger partial charge is 0.496 e. The SMILES string of the molecule is COc1cc(CN2C(=O)c3ccccc3C2=O)c(OC)cc1N. The maximum absolute atomic E-state index is 12.4. The molecule has 3 rings (SSSR count). The predicted octanol–water partition coefficient (Wildman–Crippen LogP) is 2.08. The van der Waals surface area contributed by atoms with E-state index in [1.165, 1.54) is 19.1 Å². The van der Waals surface area contributed by atoms with Gasteiger partial charge in [0.1, 0.15) is 11.5 Å². The van der Waals surface area contributed by atoms with E-state index in [0.717, 1.165) is 0 Å². The fourth-order valence-corrected chi connectivity index (χ4v) is 2.66. The highest BCUT2D eigenvalue weighted by Gasteiger charge is 2.35. The average Bonchev–Trinajstić information content (AvgIpc) is 2.81. The van der Waals surface area contributed by atoms with Gasteiger partial charge in [0, 0.05) is 11.6 Å². The molecule has 0 aliphatic carbocycles. The summed E-state index contributed by atoms with van der Waals surface area (Å²) in [5.41, 5.74) is 7.76. The number of rotatable bonds is 4. The molecule has 0 bridgehead atoms. The lowest BCUT2D eigenvalue weighted by Crippen LogP contribution is -2.29. The molecule has 6 heteroatoms. The van der Waals surface area contributed by atoms with Gasteiger partial charge in [0.15, 0.2) is 0 Å². The fraction of sp³-hybridized carbons (Fsp3) is 0.176. The topological polar surface area (TPSA) is 81.9 Å². The van der Waals surface area contributed by atoms with Crippen LogP contribution in [0.3, 0.4) is 0 Å². The molecule has 0 radical (unpaired) electrons. The van der Waals surface area contributed by atoms with Gasteiger partial charge in [-0.25, -0.2) is 0 Å². The number of carbonyl (C=O) groups excluding carboxylic acids is 2. The molecule has 2 amide bonds. The summed E-state index contributed by atoms with van der Waals surface area (Å²) >= 11 is 0. The van der Waals surface area contributed by atoms with Gasteiger partial charge in [0.2, 0.25) is 0 Å². The molecule has 1 heterocycles. The summed E-state index contributed by atoms with van der Waals surface area (Å²) in [4.78, 5) is 26.1. The summed E-state index contributed by atoms with van der Waals surface area (Å²) in [6.45, 7) is 0.0894. The molecule has 1 aliphatic rings. The number of hydrogen-bond acceptors (Lipinski definition) is 5. The molecule has 2 aromatic rings. The summed E-state index contributed by atoms with van der Waals surface area (Å²) in [5, 5.41) is 0. The first kappa shape index (κ1) is 14.9. The van der Waals surface area contributed by atoms with Crippen molar-refractivity contribution in [3.05, 3.63) is 53.1 Å². The maximum atomic E-state index is 12.4. The molecule has 0 saturated heterocycles. The van der Waals surface area contributed by atoms with Gasteiger partial charge >= 0.3 is 0 Å². The van der Waals surface area contributed by atoms with Crippen LogP contribution in [0, 0.1) is 0 Å². The van der Waals surface area contributed by atoms with Crippen molar-refractivity contribution in [3.63, 3.8) is 0 Å². The van der Waals surface area contributed by atoms with Crippen LogP contribution in [0.5, 0.6) is 11.5 Å². The first-order valence-electron chi connectivity index (χ1n) is 7.02. The second kappa shape index (κ2) is 5.64. The highest BCUT2D eigenvalue weighted by molar-refractivity contribution is 6.21. The molecular formula is C17H16N2O4. The van der Waals surface area contributed by atoms with Crippen molar-refractivity contribution in [2.24, 2.45) is 0 Å². The number of imide groups is 1. The monoisotopic (exact) mass is 312 g/mol. The van der Waals surface area contributed by atoms with Crippen LogP contribution in [-0.2, 0) is 6.54 Å². The lowest BCUT2D eigenvalue weighted by Gasteiger charge is -2.18. The van der Waals surface area contributed by atoms with Gasteiger partial charge in [-0.05, 0) is 18.2 Å². The third kappa shape index (κ3) is 2.38. The van der Waals surface area contributed by atoms with Crippen LogP contribution in [0.2, 0.25) is 0 Å². The van der Waals surface area contributed by atoms with E-state index >= 15 is 0 Å². The van der Waals surface area contributed by atoms with Crippen LogP contribution in [0.25, 0.3) is 0 Å². The number of methoxy groups -OCH3 is 2. The molecule has 118 valence electrons. The first-order valence-corrected chi connectivity index (χ1v) is 7.02. The minimum atomic E-state index is -0.316. The quantitative estimate of drug-likeness (QED) is 0.690. The van der Waals surface area contributed by atoms with Crippen molar-refractivity contribution in [1.82, 2.24) is 4.90 Å². The molecule has 6 nitrogen and oxygen atoms in total. The van der Waals surface area contributed by atoms with E-state index in [1.54, 1.807) is 36.4 Å². The second-order valence-corrected chi connectivity index (χ2v) is 5.15. The van der Waals surface area contributed by atoms with E-state index in [1.807, 2.05) is 0 Å². The first-order chi connectivity index (χ1) is 11.1.